The molecule has 0 aliphatic heterocycles. The summed E-state index contributed by atoms with van der Waals surface area (Å²) in [5.41, 5.74) is 6.94. The van der Waals surface area contributed by atoms with Gasteiger partial charge >= 0.3 is 0 Å². The number of nitrogens with zero attached hydrogens (tertiary/aromatic N) is 1. The Morgan fingerprint density at radius 3 is 2.56 bits per heavy atom. The van der Waals surface area contributed by atoms with Gasteiger partial charge < -0.3 is 5.73 Å². The fraction of sp³-hybridized carbons (Fsp3) is 0.462. The van der Waals surface area contributed by atoms with Crippen molar-refractivity contribution in [3.63, 3.8) is 0 Å². The quantitative estimate of drug-likeness (QED) is 0.736. The first-order chi connectivity index (χ1) is 7.72. The standard InChI is InChI=1S/C13H20N2S/c1-2-15(11-13(14)16)10-6-9-12-7-4-3-5-8-12/h3-5,7-8H,2,6,9-11H2,1H3,(H2,14,16). The van der Waals surface area contributed by atoms with Gasteiger partial charge in [0.1, 0.15) is 0 Å². The summed E-state index contributed by atoms with van der Waals surface area (Å²) in [6, 6.07) is 10.6. The molecule has 2 nitrogen and oxygen atoms in total. The summed E-state index contributed by atoms with van der Waals surface area (Å²) in [5.74, 6) is 0. The van der Waals surface area contributed by atoms with Gasteiger partial charge in [-0.1, -0.05) is 49.5 Å². The van der Waals surface area contributed by atoms with E-state index in [-0.39, 0.29) is 0 Å². The van der Waals surface area contributed by atoms with Gasteiger partial charge in [-0.05, 0) is 31.5 Å². The van der Waals surface area contributed by atoms with Crippen LogP contribution in [0, 0.1) is 0 Å². The third-order valence-electron chi connectivity index (χ3n) is 2.61. The average molecular weight is 236 g/mol. The van der Waals surface area contributed by atoms with Crippen molar-refractivity contribution in [3.05, 3.63) is 35.9 Å². The molecule has 1 aromatic rings. The molecule has 0 aliphatic carbocycles. The van der Waals surface area contributed by atoms with Crippen LogP contribution in [-0.4, -0.2) is 29.5 Å². The van der Waals surface area contributed by atoms with E-state index in [0.29, 0.717) is 4.99 Å². The van der Waals surface area contributed by atoms with Crippen LogP contribution < -0.4 is 5.73 Å². The van der Waals surface area contributed by atoms with E-state index in [9.17, 15) is 0 Å². The molecule has 16 heavy (non-hydrogen) atoms. The van der Waals surface area contributed by atoms with Crippen LogP contribution in [-0.2, 0) is 6.42 Å². The molecule has 1 aromatic carbocycles. The molecule has 0 amide bonds. The number of hydrogen-bond donors (Lipinski definition) is 1. The van der Waals surface area contributed by atoms with Crippen LogP contribution in [0.3, 0.4) is 0 Å². The van der Waals surface area contributed by atoms with Gasteiger partial charge in [-0.3, -0.25) is 4.90 Å². The van der Waals surface area contributed by atoms with Crippen LogP contribution >= 0.6 is 12.2 Å². The summed E-state index contributed by atoms with van der Waals surface area (Å²) in [6.07, 6.45) is 2.27. The monoisotopic (exact) mass is 236 g/mol. The molecule has 3 heteroatoms. The van der Waals surface area contributed by atoms with Crippen molar-refractivity contribution in [3.8, 4) is 0 Å². The summed E-state index contributed by atoms with van der Waals surface area (Å²) in [4.78, 5) is 2.87. The van der Waals surface area contributed by atoms with Gasteiger partial charge in [0.15, 0.2) is 0 Å². The topological polar surface area (TPSA) is 29.3 Å². The van der Waals surface area contributed by atoms with Crippen LogP contribution in [0.5, 0.6) is 0 Å². The lowest BCUT2D eigenvalue weighted by atomic mass is 10.1. The molecule has 1 rings (SSSR count). The highest BCUT2D eigenvalue weighted by molar-refractivity contribution is 7.80. The molecule has 0 unspecified atom stereocenters. The Balaban J connectivity index is 2.26. The van der Waals surface area contributed by atoms with Gasteiger partial charge in [0.25, 0.3) is 0 Å². The zero-order valence-electron chi connectivity index (χ0n) is 9.86. The number of likely N-dealkylation sites (N-methyl/N-ethyl adjacent to an activating group) is 1. The van der Waals surface area contributed by atoms with Crippen LogP contribution in [0.15, 0.2) is 30.3 Å². The molecule has 0 aromatic heterocycles. The average Bonchev–Trinajstić information content (AvgIpc) is 2.28. The second kappa shape index (κ2) is 7.36. The van der Waals surface area contributed by atoms with E-state index in [4.69, 9.17) is 18.0 Å². The van der Waals surface area contributed by atoms with Crippen LogP contribution in [0.2, 0.25) is 0 Å². The number of hydrogen-bond acceptors (Lipinski definition) is 2. The lowest BCUT2D eigenvalue weighted by molar-refractivity contribution is 0.324. The van der Waals surface area contributed by atoms with Crippen LogP contribution in [0.25, 0.3) is 0 Å². The number of rotatable bonds is 7. The van der Waals surface area contributed by atoms with Crippen molar-refractivity contribution in [1.29, 1.82) is 0 Å². The number of thiocarbonyl (C=S) groups is 1. The van der Waals surface area contributed by atoms with Crippen molar-refractivity contribution in [2.45, 2.75) is 19.8 Å². The van der Waals surface area contributed by atoms with E-state index in [1.54, 1.807) is 0 Å². The smallest absolute Gasteiger partial charge is 0.0870 e. The van der Waals surface area contributed by atoms with E-state index in [1.165, 1.54) is 5.56 Å². The predicted molar refractivity (Wildman–Crippen MR) is 73.7 cm³/mol. The van der Waals surface area contributed by atoms with Gasteiger partial charge in [-0.2, -0.15) is 0 Å². The normalized spacial score (nSPS) is 10.6. The molecular formula is C13H20N2S. The van der Waals surface area contributed by atoms with E-state index in [0.717, 1.165) is 32.5 Å². The fourth-order valence-electron chi connectivity index (χ4n) is 1.72. The summed E-state index contributed by atoms with van der Waals surface area (Å²) in [5, 5.41) is 0. The van der Waals surface area contributed by atoms with E-state index in [1.807, 2.05) is 0 Å². The molecule has 0 spiro atoms. The predicted octanol–water partition coefficient (Wildman–Crippen LogP) is 2.23. The Kier molecular flexibility index (Phi) is 6.04. The Labute approximate surface area is 103 Å². The lowest BCUT2D eigenvalue weighted by Crippen LogP contribution is -2.33. The Hall–Kier alpha value is -0.930. The zero-order valence-corrected chi connectivity index (χ0v) is 10.7. The molecule has 0 atom stereocenters. The zero-order chi connectivity index (χ0) is 11.8. The maximum absolute atomic E-state index is 5.54. The summed E-state index contributed by atoms with van der Waals surface area (Å²) >= 11 is 4.92. The second-order valence-corrected chi connectivity index (χ2v) is 4.45. The lowest BCUT2D eigenvalue weighted by Gasteiger charge is -2.19. The summed E-state index contributed by atoms with van der Waals surface area (Å²) in [6.45, 7) is 4.94. The maximum atomic E-state index is 5.54. The van der Waals surface area contributed by atoms with E-state index >= 15 is 0 Å². The molecule has 0 bridgehead atoms. The molecule has 0 fully saturated rings. The third kappa shape index (κ3) is 5.24. The third-order valence-corrected chi connectivity index (χ3v) is 2.74. The van der Waals surface area contributed by atoms with Crippen LogP contribution in [0.1, 0.15) is 18.9 Å². The molecule has 0 heterocycles. The van der Waals surface area contributed by atoms with Gasteiger partial charge in [0, 0.05) is 6.54 Å². The summed E-state index contributed by atoms with van der Waals surface area (Å²) in [7, 11) is 0. The van der Waals surface area contributed by atoms with Gasteiger partial charge in [0.05, 0.1) is 4.99 Å². The van der Waals surface area contributed by atoms with Gasteiger partial charge in [-0.25, -0.2) is 0 Å². The largest absolute Gasteiger partial charge is 0.392 e. The molecule has 88 valence electrons. The number of nitrogens with two attached hydrogens (primary N) is 1. The Bertz CT molecular complexity index is 311. The minimum absolute atomic E-state index is 0.585. The Morgan fingerprint density at radius 1 is 1.31 bits per heavy atom. The van der Waals surface area contributed by atoms with Crippen molar-refractivity contribution in [2.75, 3.05) is 19.6 Å². The molecule has 0 aliphatic rings. The molecular weight excluding hydrogens is 216 g/mol. The van der Waals surface area contributed by atoms with E-state index in [2.05, 4.69) is 42.2 Å². The van der Waals surface area contributed by atoms with Crippen LogP contribution in [0.4, 0.5) is 0 Å². The minimum atomic E-state index is 0.585. The fourth-order valence-corrected chi connectivity index (χ4v) is 1.90. The minimum Gasteiger partial charge on any atom is -0.392 e. The molecule has 0 saturated carbocycles. The Morgan fingerprint density at radius 2 is 2.00 bits per heavy atom. The highest BCUT2D eigenvalue weighted by atomic mass is 32.1. The van der Waals surface area contributed by atoms with Gasteiger partial charge in [0.2, 0.25) is 0 Å². The molecule has 0 saturated heterocycles. The first-order valence-electron chi connectivity index (χ1n) is 5.77. The number of benzene rings is 1. The first kappa shape index (κ1) is 13.1. The summed E-state index contributed by atoms with van der Waals surface area (Å²) < 4.78 is 0. The second-order valence-electron chi connectivity index (χ2n) is 3.92. The molecule has 2 N–H and O–H groups in total. The van der Waals surface area contributed by atoms with Crippen molar-refractivity contribution in [2.24, 2.45) is 5.73 Å². The SMILES string of the molecule is CCN(CCCc1ccccc1)CC(N)=S. The van der Waals surface area contributed by atoms with Crippen molar-refractivity contribution in [1.82, 2.24) is 4.90 Å². The highest BCUT2D eigenvalue weighted by Crippen LogP contribution is 2.03. The maximum Gasteiger partial charge on any atom is 0.0870 e. The number of aryl methyl sites for hydroxylation is 1. The first-order valence-corrected chi connectivity index (χ1v) is 6.17. The van der Waals surface area contributed by atoms with E-state index < -0.39 is 0 Å². The van der Waals surface area contributed by atoms with Crippen molar-refractivity contribution < 1.29 is 0 Å². The van der Waals surface area contributed by atoms with Crippen molar-refractivity contribution >= 4 is 17.2 Å². The highest BCUT2D eigenvalue weighted by Gasteiger charge is 2.03. The van der Waals surface area contributed by atoms with Gasteiger partial charge in [-0.15, -0.1) is 0 Å². The molecule has 0 radical (unpaired) electrons.